The molecule has 1 aliphatic carbocycles. The zero-order valence-corrected chi connectivity index (χ0v) is 21.8. The van der Waals surface area contributed by atoms with Crippen LogP contribution in [0.5, 0.6) is 17.2 Å². The maximum absolute atomic E-state index is 11.7. The zero-order chi connectivity index (χ0) is 27.2. The molecule has 2 N–H and O–H groups in total. The van der Waals surface area contributed by atoms with Crippen LogP contribution in [0.3, 0.4) is 0 Å². The maximum Gasteiger partial charge on any atom is 0.305 e. The molecule has 1 aromatic carbocycles. The number of esters is 2. The number of carbonyl (C=O) groups excluding carboxylic acids is 3. The number of methoxy groups -OCH3 is 1. The highest BCUT2D eigenvalue weighted by Crippen LogP contribution is 2.32. The van der Waals surface area contributed by atoms with E-state index in [0.717, 1.165) is 18.6 Å². The number of amides is 1. The Morgan fingerprint density at radius 1 is 1.11 bits per heavy atom. The van der Waals surface area contributed by atoms with Crippen molar-refractivity contribution in [2.45, 2.75) is 65.1 Å². The number of para-hydroxylation sites is 1. The van der Waals surface area contributed by atoms with Crippen molar-refractivity contribution in [3.05, 3.63) is 48.3 Å². The van der Waals surface area contributed by atoms with Crippen LogP contribution in [0.1, 0.15) is 63.4 Å². The predicted octanol–water partition coefficient (Wildman–Crippen LogP) is 4.05. The first-order valence-electron chi connectivity index (χ1n) is 12.3. The van der Waals surface area contributed by atoms with E-state index in [9.17, 15) is 14.4 Å². The molecule has 37 heavy (non-hydrogen) atoms. The summed E-state index contributed by atoms with van der Waals surface area (Å²) < 4.78 is 26.3. The summed E-state index contributed by atoms with van der Waals surface area (Å²) in [5, 5.41) is 0. The van der Waals surface area contributed by atoms with E-state index in [1.165, 1.54) is 39.1 Å². The summed E-state index contributed by atoms with van der Waals surface area (Å²) in [5.74, 6) is 0.185. The van der Waals surface area contributed by atoms with Crippen LogP contribution in [0.25, 0.3) is 0 Å². The number of rotatable bonds is 11. The summed E-state index contributed by atoms with van der Waals surface area (Å²) >= 11 is 0. The van der Waals surface area contributed by atoms with Crippen LogP contribution in [-0.4, -0.2) is 48.9 Å². The lowest BCUT2D eigenvalue weighted by Crippen LogP contribution is -2.38. The lowest BCUT2D eigenvalue weighted by Gasteiger charge is -2.29. The number of ether oxygens (including phenoxy) is 5. The van der Waals surface area contributed by atoms with E-state index < -0.39 is 11.9 Å². The van der Waals surface area contributed by atoms with Crippen LogP contribution < -0.4 is 19.9 Å². The van der Waals surface area contributed by atoms with Crippen molar-refractivity contribution >= 4 is 17.8 Å². The number of benzene rings is 1. The third-order valence-electron chi connectivity index (χ3n) is 5.74. The lowest BCUT2D eigenvalue weighted by molar-refractivity contribution is -0.157. The normalized spacial score (nSPS) is 14.4. The number of pyridine rings is 1. The minimum atomic E-state index is -0.762. The maximum atomic E-state index is 11.7. The highest BCUT2D eigenvalue weighted by atomic mass is 16.7. The van der Waals surface area contributed by atoms with Crippen LogP contribution in [0.15, 0.2) is 42.6 Å². The Labute approximate surface area is 217 Å². The molecule has 1 aromatic heterocycles. The Kier molecular flexibility index (Phi) is 12.2. The number of nitrogens with zero attached hydrogens (tertiary/aromatic N) is 1. The van der Waals surface area contributed by atoms with Crippen LogP contribution in [0.2, 0.25) is 0 Å². The summed E-state index contributed by atoms with van der Waals surface area (Å²) in [6, 6.07) is 11.2. The van der Waals surface area contributed by atoms with Gasteiger partial charge >= 0.3 is 11.9 Å². The van der Waals surface area contributed by atoms with Gasteiger partial charge in [-0.15, -0.1) is 0 Å². The molecule has 0 radical (unpaired) electrons. The Hall–Kier alpha value is -3.82. The summed E-state index contributed by atoms with van der Waals surface area (Å²) in [4.78, 5) is 37.1. The molecule has 0 aliphatic heterocycles. The third kappa shape index (κ3) is 9.63. The van der Waals surface area contributed by atoms with Crippen molar-refractivity contribution in [1.29, 1.82) is 0 Å². The largest absolute Gasteiger partial charge is 0.493 e. The van der Waals surface area contributed by atoms with Crippen LogP contribution >= 0.6 is 0 Å². The quantitative estimate of drug-likeness (QED) is 0.346. The number of primary amides is 1. The molecular formula is C27H36N2O8. The summed E-state index contributed by atoms with van der Waals surface area (Å²) in [6.07, 6.45) is 6.24. The second-order valence-corrected chi connectivity index (χ2v) is 8.44. The zero-order valence-electron chi connectivity index (χ0n) is 21.8. The average molecular weight is 517 g/mol. The molecule has 2 atom stereocenters. The summed E-state index contributed by atoms with van der Waals surface area (Å²) in [6.45, 7) is 4.71. The fourth-order valence-corrected chi connectivity index (χ4v) is 3.95. The molecule has 1 aliphatic rings. The molecule has 1 saturated carbocycles. The predicted molar refractivity (Wildman–Crippen MR) is 135 cm³/mol. The van der Waals surface area contributed by atoms with Gasteiger partial charge in [-0.25, -0.2) is 4.98 Å². The molecule has 2 unspecified atom stereocenters. The van der Waals surface area contributed by atoms with E-state index in [0.29, 0.717) is 12.3 Å². The van der Waals surface area contributed by atoms with E-state index in [1.54, 1.807) is 0 Å². The standard InChI is InChI=1S/C17H24O3.C10H12N2O5/c1-3-16(18)20-17(14-9-7-8-10-14)13(2)19-15-11-5-4-6-12-15;1-6(13)16-5-17-9-7(15-2)3-4-12-8(9)10(11)14/h4-6,11-14,17H,3,7-10H2,1-2H3;3-4H,5H2,1-2H3,(H2,11,14). The van der Waals surface area contributed by atoms with Gasteiger partial charge in [0.05, 0.1) is 7.11 Å². The van der Waals surface area contributed by atoms with Gasteiger partial charge < -0.3 is 29.4 Å². The topological polar surface area (TPSA) is 136 Å². The number of nitrogens with two attached hydrogens (primary N) is 1. The Morgan fingerprint density at radius 2 is 1.78 bits per heavy atom. The molecule has 1 heterocycles. The lowest BCUT2D eigenvalue weighted by atomic mass is 9.96. The molecule has 0 bridgehead atoms. The second kappa shape index (κ2) is 15.3. The first-order valence-corrected chi connectivity index (χ1v) is 12.3. The Bertz CT molecular complexity index is 1010. The molecule has 0 spiro atoms. The fraction of sp³-hybridized carbons (Fsp3) is 0.481. The van der Waals surface area contributed by atoms with E-state index in [4.69, 9.17) is 24.7 Å². The minimum absolute atomic E-state index is 0.0451. The van der Waals surface area contributed by atoms with Crippen LogP contribution in [-0.2, 0) is 19.1 Å². The molecule has 3 rings (SSSR count). The van der Waals surface area contributed by atoms with Crippen molar-refractivity contribution in [2.24, 2.45) is 11.7 Å². The van der Waals surface area contributed by atoms with E-state index in [1.807, 2.05) is 44.2 Å². The molecule has 10 heteroatoms. The Balaban J connectivity index is 0.000000264. The minimum Gasteiger partial charge on any atom is -0.493 e. The van der Waals surface area contributed by atoms with E-state index >= 15 is 0 Å². The first-order chi connectivity index (χ1) is 17.8. The third-order valence-corrected chi connectivity index (χ3v) is 5.74. The molecule has 0 saturated heterocycles. The summed E-state index contributed by atoms with van der Waals surface area (Å²) in [7, 11) is 1.40. The SMILES string of the molecule is CCC(=O)OC(C1CCCC1)C(C)Oc1ccccc1.COc1ccnc(C(N)=O)c1OCOC(C)=O. The summed E-state index contributed by atoms with van der Waals surface area (Å²) in [5.41, 5.74) is 5.04. The monoisotopic (exact) mass is 516 g/mol. The van der Waals surface area contributed by atoms with Crippen molar-refractivity contribution in [1.82, 2.24) is 4.98 Å². The van der Waals surface area contributed by atoms with Gasteiger partial charge in [-0.2, -0.15) is 0 Å². The van der Waals surface area contributed by atoms with E-state index in [-0.39, 0.29) is 42.2 Å². The molecule has 1 fully saturated rings. The average Bonchev–Trinajstić information content (AvgIpc) is 3.42. The first kappa shape index (κ1) is 29.4. The van der Waals surface area contributed by atoms with Gasteiger partial charge in [0, 0.05) is 25.6 Å². The fourth-order valence-electron chi connectivity index (χ4n) is 3.95. The van der Waals surface area contributed by atoms with Crippen LogP contribution in [0, 0.1) is 5.92 Å². The van der Waals surface area contributed by atoms with Crippen molar-refractivity contribution in [3.63, 3.8) is 0 Å². The van der Waals surface area contributed by atoms with Crippen LogP contribution in [0.4, 0.5) is 0 Å². The highest BCUT2D eigenvalue weighted by molar-refractivity contribution is 5.94. The Morgan fingerprint density at radius 3 is 2.35 bits per heavy atom. The number of aromatic nitrogens is 1. The van der Waals surface area contributed by atoms with Gasteiger partial charge in [0.2, 0.25) is 6.79 Å². The van der Waals surface area contributed by atoms with Crippen molar-refractivity contribution < 1.29 is 38.1 Å². The molecule has 10 nitrogen and oxygen atoms in total. The van der Waals surface area contributed by atoms with Crippen molar-refractivity contribution in [3.8, 4) is 17.2 Å². The van der Waals surface area contributed by atoms with Gasteiger partial charge in [0.15, 0.2) is 17.2 Å². The molecule has 1 amide bonds. The molecular weight excluding hydrogens is 480 g/mol. The smallest absolute Gasteiger partial charge is 0.305 e. The van der Waals surface area contributed by atoms with E-state index in [2.05, 4.69) is 9.72 Å². The molecule has 202 valence electrons. The van der Waals surface area contributed by atoms with Gasteiger partial charge in [-0.3, -0.25) is 14.4 Å². The highest BCUT2D eigenvalue weighted by Gasteiger charge is 2.33. The van der Waals surface area contributed by atoms with Gasteiger partial charge in [0.1, 0.15) is 18.0 Å². The second-order valence-electron chi connectivity index (χ2n) is 8.44. The molecule has 2 aromatic rings. The van der Waals surface area contributed by atoms with Gasteiger partial charge in [0.25, 0.3) is 5.91 Å². The van der Waals surface area contributed by atoms with Crippen molar-refractivity contribution in [2.75, 3.05) is 13.9 Å². The van der Waals surface area contributed by atoms with Gasteiger partial charge in [-0.1, -0.05) is 38.0 Å². The van der Waals surface area contributed by atoms with Gasteiger partial charge in [-0.05, 0) is 37.8 Å². The number of carbonyl (C=O) groups is 3. The number of hydrogen-bond donors (Lipinski definition) is 1. The number of hydrogen-bond acceptors (Lipinski definition) is 9.